The van der Waals surface area contributed by atoms with Gasteiger partial charge >= 0.3 is 5.97 Å². The van der Waals surface area contributed by atoms with Crippen LogP contribution in [0.3, 0.4) is 0 Å². The summed E-state index contributed by atoms with van der Waals surface area (Å²) in [6, 6.07) is 7.36. The van der Waals surface area contributed by atoms with Crippen LogP contribution >= 0.6 is 0 Å². The van der Waals surface area contributed by atoms with Gasteiger partial charge in [-0.1, -0.05) is 42.5 Å². The molecule has 1 N–H and O–H groups in total. The number of nitrogens with zero attached hydrogens (tertiary/aromatic N) is 2. The van der Waals surface area contributed by atoms with Crippen molar-refractivity contribution in [1.29, 1.82) is 0 Å². The van der Waals surface area contributed by atoms with Crippen molar-refractivity contribution in [1.82, 2.24) is 9.80 Å². The molecule has 1 spiro atoms. The van der Waals surface area contributed by atoms with Crippen LogP contribution in [0, 0.1) is 11.8 Å². The molecule has 206 valence electrons. The lowest BCUT2D eigenvalue weighted by atomic mass is 9.66. The molecule has 3 saturated heterocycles. The van der Waals surface area contributed by atoms with Crippen molar-refractivity contribution in [3.63, 3.8) is 0 Å². The van der Waals surface area contributed by atoms with Crippen LogP contribution in [0.1, 0.15) is 58.6 Å². The molecular weight excluding hydrogens is 484 g/mol. The molecule has 2 unspecified atom stereocenters. The minimum absolute atomic E-state index is 0.162. The van der Waals surface area contributed by atoms with Crippen molar-refractivity contribution in [3.8, 4) is 0 Å². The SMILES string of the molecule is C=CCCOC(=O)[C@@H]1[C@H]2C(=O)N([C@H](CO)c3ccccc3)C(C(=O)N(CC=C)C(C)(C)C)C23CC[C@@]1(C)O3. The van der Waals surface area contributed by atoms with E-state index in [-0.39, 0.29) is 31.6 Å². The molecule has 3 fully saturated rings. The highest BCUT2D eigenvalue weighted by molar-refractivity contribution is 5.99. The van der Waals surface area contributed by atoms with Crippen LogP contribution in [0.15, 0.2) is 55.6 Å². The molecule has 2 bridgehead atoms. The van der Waals surface area contributed by atoms with Gasteiger partial charge in [0.05, 0.1) is 30.8 Å². The van der Waals surface area contributed by atoms with Gasteiger partial charge in [-0.15, -0.1) is 13.2 Å². The van der Waals surface area contributed by atoms with Crippen molar-refractivity contribution in [3.05, 3.63) is 61.2 Å². The minimum atomic E-state index is -1.21. The molecule has 0 aromatic heterocycles. The molecule has 3 heterocycles. The predicted octanol–water partition coefficient (Wildman–Crippen LogP) is 3.42. The van der Waals surface area contributed by atoms with Crippen molar-refractivity contribution in [2.24, 2.45) is 11.8 Å². The second-order valence-electron chi connectivity index (χ2n) is 11.7. The maximum absolute atomic E-state index is 14.5. The second kappa shape index (κ2) is 10.3. The summed E-state index contributed by atoms with van der Waals surface area (Å²) < 4.78 is 12.2. The van der Waals surface area contributed by atoms with E-state index in [1.165, 1.54) is 4.90 Å². The van der Waals surface area contributed by atoms with Gasteiger partial charge < -0.3 is 24.4 Å². The van der Waals surface area contributed by atoms with Gasteiger partial charge in [-0.2, -0.15) is 0 Å². The number of ether oxygens (including phenoxy) is 2. The van der Waals surface area contributed by atoms with Crippen LogP contribution in [-0.4, -0.2) is 75.2 Å². The Labute approximate surface area is 225 Å². The first-order valence-corrected chi connectivity index (χ1v) is 13.3. The molecular formula is C30H40N2O6. The molecule has 8 heteroatoms. The van der Waals surface area contributed by atoms with Crippen LogP contribution in [0.25, 0.3) is 0 Å². The Morgan fingerprint density at radius 1 is 1.24 bits per heavy atom. The first-order chi connectivity index (χ1) is 18.0. The zero-order chi connectivity index (χ0) is 27.9. The normalized spacial score (nSPS) is 30.6. The molecule has 6 atom stereocenters. The van der Waals surface area contributed by atoms with E-state index in [9.17, 15) is 19.5 Å². The number of benzene rings is 1. The second-order valence-corrected chi connectivity index (χ2v) is 11.7. The van der Waals surface area contributed by atoms with Gasteiger partial charge in [-0.05, 0) is 52.5 Å². The summed E-state index contributed by atoms with van der Waals surface area (Å²) in [5, 5.41) is 10.6. The lowest BCUT2D eigenvalue weighted by Crippen LogP contribution is -2.60. The number of aliphatic hydroxyl groups excluding tert-OH is 1. The van der Waals surface area contributed by atoms with E-state index in [1.54, 1.807) is 17.1 Å². The summed E-state index contributed by atoms with van der Waals surface area (Å²) in [5.74, 6) is -2.90. The number of carbonyl (C=O) groups excluding carboxylic acids is 3. The van der Waals surface area contributed by atoms with Crippen molar-refractivity contribution in [2.75, 3.05) is 19.8 Å². The number of carbonyl (C=O) groups is 3. The summed E-state index contributed by atoms with van der Waals surface area (Å²) in [6.45, 7) is 15.2. The van der Waals surface area contributed by atoms with E-state index >= 15 is 0 Å². The van der Waals surface area contributed by atoms with Crippen LogP contribution in [-0.2, 0) is 23.9 Å². The summed E-state index contributed by atoms with van der Waals surface area (Å²) in [4.78, 5) is 45.5. The monoisotopic (exact) mass is 524 g/mol. The Balaban J connectivity index is 1.85. The summed E-state index contributed by atoms with van der Waals surface area (Å²) in [7, 11) is 0. The van der Waals surface area contributed by atoms with E-state index in [4.69, 9.17) is 9.47 Å². The number of hydrogen-bond acceptors (Lipinski definition) is 6. The zero-order valence-corrected chi connectivity index (χ0v) is 22.9. The molecule has 38 heavy (non-hydrogen) atoms. The van der Waals surface area contributed by atoms with Crippen LogP contribution in [0.4, 0.5) is 0 Å². The molecule has 8 nitrogen and oxygen atoms in total. The molecule has 0 saturated carbocycles. The minimum Gasteiger partial charge on any atom is -0.465 e. The Morgan fingerprint density at radius 3 is 2.50 bits per heavy atom. The number of hydrogen-bond donors (Lipinski definition) is 1. The molecule has 0 aliphatic carbocycles. The number of likely N-dealkylation sites (tertiary alicyclic amines) is 1. The van der Waals surface area contributed by atoms with Crippen molar-refractivity contribution < 1.29 is 29.0 Å². The van der Waals surface area contributed by atoms with E-state index in [0.717, 1.165) is 0 Å². The highest BCUT2D eigenvalue weighted by atomic mass is 16.6. The molecule has 2 amide bonds. The zero-order valence-electron chi connectivity index (χ0n) is 22.9. The number of amides is 2. The Morgan fingerprint density at radius 2 is 1.92 bits per heavy atom. The average molecular weight is 525 g/mol. The van der Waals surface area contributed by atoms with Gasteiger partial charge in [0, 0.05) is 12.1 Å². The molecule has 3 aliphatic rings. The van der Waals surface area contributed by atoms with Crippen LogP contribution in [0.2, 0.25) is 0 Å². The lowest BCUT2D eigenvalue weighted by molar-refractivity contribution is -0.163. The molecule has 1 aromatic carbocycles. The average Bonchev–Trinajstić information content (AvgIpc) is 3.44. The maximum atomic E-state index is 14.5. The molecule has 4 rings (SSSR count). The van der Waals surface area contributed by atoms with Gasteiger partial charge in [0.1, 0.15) is 17.6 Å². The third-order valence-electron chi connectivity index (χ3n) is 8.35. The van der Waals surface area contributed by atoms with E-state index < -0.39 is 46.6 Å². The lowest BCUT2D eigenvalue weighted by Gasteiger charge is -2.43. The largest absolute Gasteiger partial charge is 0.465 e. The van der Waals surface area contributed by atoms with Crippen LogP contribution < -0.4 is 0 Å². The predicted molar refractivity (Wildman–Crippen MR) is 143 cm³/mol. The van der Waals surface area contributed by atoms with E-state index in [2.05, 4.69) is 13.2 Å². The number of esters is 1. The Hall–Kier alpha value is -2.97. The van der Waals surface area contributed by atoms with Gasteiger partial charge in [-0.25, -0.2) is 0 Å². The van der Waals surface area contributed by atoms with Crippen molar-refractivity contribution >= 4 is 17.8 Å². The van der Waals surface area contributed by atoms with Gasteiger partial charge in [0.25, 0.3) is 0 Å². The quantitative estimate of drug-likeness (QED) is 0.286. The highest BCUT2D eigenvalue weighted by Gasteiger charge is 2.79. The number of fused-ring (bicyclic) bond motifs is 1. The molecule has 3 aliphatic heterocycles. The van der Waals surface area contributed by atoms with Crippen molar-refractivity contribution in [2.45, 2.75) is 75.8 Å². The first kappa shape index (κ1) is 28.0. The number of rotatable bonds is 10. The number of aliphatic hydroxyl groups is 1. The standard InChI is InChI=1S/C30H40N2O6/c1-7-9-18-37-27(36)23-22-25(34)32(21(19-33)20-13-11-10-12-14-20)24(30(22)16-15-29(23,6)38-30)26(35)31(17-8-2)28(3,4)5/h7-8,10-14,21-24,33H,1-2,9,15-19H2,3-6H3/t21-,22+,23+,24?,29-,30?/m1/s1. The fraction of sp³-hybridized carbons (Fsp3) is 0.567. The van der Waals surface area contributed by atoms with E-state index in [1.807, 2.05) is 58.0 Å². The smallest absolute Gasteiger partial charge is 0.312 e. The topological polar surface area (TPSA) is 96.4 Å². The van der Waals surface area contributed by atoms with Gasteiger partial charge in [-0.3, -0.25) is 14.4 Å². The van der Waals surface area contributed by atoms with Crippen LogP contribution in [0.5, 0.6) is 0 Å². The summed E-state index contributed by atoms with van der Waals surface area (Å²) in [6.07, 6.45) is 4.78. The van der Waals surface area contributed by atoms with E-state index in [0.29, 0.717) is 24.8 Å². The molecule has 1 aromatic rings. The third kappa shape index (κ3) is 4.37. The van der Waals surface area contributed by atoms with Gasteiger partial charge in [0.15, 0.2) is 0 Å². The third-order valence-corrected chi connectivity index (χ3v) is 8.35. The molecule has 0 radical (unpaired) electrons. The first-order valence-electron chi connectivity index (χ1n) is 13.3. The summed E-state index contributed by atoms with van der Waals surface area (Å²) >= 11 is 0. The fourth-order valence-electron chi connectivity index (χ4n) is 6.67. The Kier molecular flexibility index (Phi) is 7.60. The Bertz CT molecular complexity index is 1100. The summed E-state index contributed by atoms with van der Waals surface area (Å²) in [5.41, 5.74) is -2.00. The van der Waals surface area contributed by atoms with Gasteiger partial charge in [0.2, 0.25) is 11.8 Å². The maximum Gasteiger partial charge on any atom is 0.312 e. The fourth-order valence-corrected chi connectivity index (χ4v) is 6.67. The highest BCUT2D eigenvalue weighted by Crippen LogP contribution is 2.64.